The Morgan fingerprint density at radius 2 is 1.92 bits per heavy atom. The SMILES string of the molecule is O=C(O)[C@H](Cc1ccc(-n2c(-c3ccc[nH]3)nc3cccnc32)cc1)NC1=C(Br)C(=O)C12CCCCC2. The number of carboxylic acids is 1. The van der Waals surface area contributed by atoms with Crippen molar-refractivity contribution in [1.82, 2.24) is 24.8 Å². The molecule has 0 aliphatic heterocycles. The van der Waals surface area contributed by atoms with Crippen molar-refractivity contribution in [3.63, 3.8) is 0 Å². The van der Waals surface area contributed by atoms with Crippen LogP contribution < -0.4 is 5.32 Å². The predicted octanol–water partition coefficient (Wildman–Crippen LogP) is 5.14. The summed E-state index contributed by atoms with van der Waals surface area (Å²) in [6, 6.07) is 14.6. The minimum Gasteiger partial charge on any atom is -0.480 e. The number of H-pyrrole nitrogens is 1. The number of aliphatic carboxylic acids is 1. The van der Waals surface area contributed by atoms with Gasteiger partial charge in [-0.25, -0.2) is 14.8 Å². The molecule has 37 heavy (non-hydrogen) atoms. The molecule has 2 aliphatic rings. The van der Waals surface area contributed by atoms with E-state index in [1.165, 1.54) is 0 Å². The average Bonchev–Trinajstić information content (AvgIpc) is 3.59. The summed E-state index contributed by atoms with van der Waals surface area (Å²) >= 11 is 3.40. The highest BCUT2D eigenvalue weighted by Gasteiger charge is 2.53. The van der Waals surface area contributed by atoms with Gasteiger partial charge in [-0.1, -0.05) is 31.4 Å². The topological polar surface area (TPSA) is 113 Å². The number of ketones is 1. The van der Waals surface area contributed by atoms with Gasteiger partial charge >= 0.3 is 5.97 Å². The summed E-state index contributed by atoms with van der Waals surface area (Å²) in [6.07, 6.45) is 8.53. The van der Waals surface area contributed by atoms with Crippen LogP contribution in [-0.2, 0) is 16.0 Å². The number of Topliss-reactive ketones (excluding diaryl/α,β-unsaturated/α-hetero) is 1. The fourth-order valence-corrected chi connectivity index (χ4v) is 6.49. The van der Waals surface area contributed by atoms with E-state index in [9.17, 15) is 14.7 Å². The highest BCUT2D eigenvalue weighted by Crippen LogP contribution is 2.53. The molecule has 8 nitrogen and oxygen atoms in total. The Morgan fingerprint density at radius 3 is 2.62 bits per heavy atom. The van der Waals surface area contributed by atoms with E-state index in [2.05, 4.69) is 31.2 Å². The first kappa shape index (κ1) is 23.7. The molecule has 3 heterocycles. The number of imidazole rings is 1. The first-order valence-electron chi connectivity index (χ1n) is 12.5. The third-order valence-corrected chi connectivity index (χ3v) is 8.30. The zero-order valence-corrected chi connectivity index (χ0v) is 21.7. The van der Waals surface area contributed by atoms with Crippen molar-refractivity contribution in [3.8, 4) is 17.2 Å². The Labute approximate surface area is 222 Å². The van der Waals surface area contributed by atoms with Gasteiger partial charge in [-0.15, -0.1) is 0 Å². The van der Waals surface area contributed by atoms with Crippen molar-refractivity contribution >= 4 is 38.8 Å². The van der Waals surface area contributed by atoms with Crippen molar-refractivity contribution in [2.24, 2.45) is 5.41 Å². The van der Waals surface area contributed by atoms with Crippen LogP contribution >= 0.6 is 15.9 Å². The molecule has 4 aromatic rings. The fourth-order valence-electron chi connectivity index (χ4n) is 5.62. The van der Waals surface area contributed by atoms with E-state index < -0.39 is 17.4 Å². The third kappa shape index (κ3) is 3.98. The predicted molar refractivity (Wildman–Crippen MR) is 143 cm³/mol. The number of nitrogens with zero attached hydrogens (tertiary/aromatic N) is 3. The van der Waals surface area contributed by atoms with Crippen LogP contribution in [0.4, 0.5) is 0 Å². The molecule has 0 unspecified atom stereocenters. The van der Waals surface area contributed by atoms with Crippen LogP contribution in [0.2, 0.25) is 0 Å². The van der Waals surface area contributed by atoms with Crippen LogP contribution in [0.1, 0.15) is 37.7 Å². The normalized spacial score (nSPS) is 17.7. The number of hydrogen-bond donors (Lipinski definition) is 3. The molecule has 1 saturated carbocycles. The molecule has 188 valence electrons. The Hall–Kier alpha value is -3.72. The number of hydrogen-bond acceptors (Lipinski definition) is 5. The minimum absolute atomic E-state index is 0.0993. The van der Waals surface area contributed by atoms with Crippen molar-refractivity contribution < 1.29 is 14.7 Å². The smallest absolute Gasteiger partial charge is 0.326 e. The van der Waals surface area contributed by atoms with Gasteiger partial charge in [-0.3, -0.25) is 9.36 Å². The number of benzene rings is 1. The lowest BCUT2D eigenvalue weighted by atomic mass is 9.62. The molecule has 1 fully saturated rings. The quantitative estimate of drug-likeness (QED) is 0.289. The molecule has 3 N–H and O–H groups in total. The second-order valence-corrected chi connectivity index (χ2v) is 10.6. The maximum atomic E-state index is 12.7. The van der Waals surface area contributed by atoms with E-state index in [0.29, 0.717) is 4.48 Å². The van der Waals surface area contributed by atoms with Crippen molar-refractivity contribution in [2.75, 3.05) is 0 Å². The molecular weight excluding hydrogens is 534 g/mol. The molecule has 0 amide bonds. The van der Waals surface area contributed by atoms with Gasteiger partial charge < -0.3 is 15.4 Å². The number of carbonyl (C=O) groups excluding carboxylic acids is 1. The summed E-state index contributed by atoms with van der Waals surface area (Å²) in [6.45, 7) is 0. The van der Waals surface area contributed by atoms with Crippen LogP contribution in [-0.4, -0.2) is 42.4 Å². The summed E-state index contributed by atoms with van der Waals surface area (Å²) < 4.78 is 2.49. The third-order valence-electron chi connectivity index (χ3n) is 7.55. The molecule has 3 aromatic heterocycles. The summed E-state index contributed by atoms with van der Waals surface area (Å²) in [5.74, 6) is -0.0935. The molecule has 1 aromatic carbocycles. The standard InChI is InChI=1S/C28H26BrN5O3/c29-22-23(28(24(22)35)12-2-1-3-13-28)32-21(27(36)37)16-17-8-10-18(11-9-17)34-25-20(7-5-15-31-25)33-26(34)19-6-4-14-30-19/h4-11,14-15,21,30,32H,1-3,12-13,16H2,(H,36,37)/t21-/m0/s1. The highest BCUT2D eigenvalue weighted by molar-refractivity contribution is 9.12. The molecular formula is C28H26BrN5O3. The zero-order chi connectivity index (χ0) is 25.6. The summed E-state index contributed by atoms with van der Waals surface area (Å²) in [5, 5.41) is 13.2. The van der Waals surface area contributed by atoms with E-state index in [1.54, 1.807) is 6.20 Å². The number of halogens is 1. The van der Waals surface area contributed by atoms with E-state index in [-0.39, 0.29) is 12.2 Å². The summed E-state index contributed by atoms with van der Waals surface area (Å²) in [5.41, 5.74) is 4.38. The Morgan fingerprint density at radius 1 is 1.14 bits per heavy atom. The molecule has 0 radical (unpaired) electrons. The Kier molecular flexibility index (Phi) is 5.95. The Bertz CT molecular complexity index is 1520. The van der Waals surface area contributed by atoms with E-state index in [4.69, 9.17) is 4.98 Å². The second kappa shape index (κ2) is 9.30. The molecule has 0 saturated heterocycles. The fraction of sp³-hybridized carbons (Fsp3) is 0.286. The largest absolute Gasteiger partial charge is 0.480 e. The van der Waals surface area contributed by atoms with Gasteiger partial charge in [-0.2, -0.15) is 0 Å². The number of fused-ring (bicyclic) bond motifs is 1. The first-order chi connectivity index (χ1) is 18.0. The number of carbonyl (C=O) groups is 2. The van der Waals surface area contributed by atoms with Crippen molar-refractivity contribution in [3.05, 3.63) is 76.7 Å². The van der Waals surface area contributed by atoms with Crippen LogP contribution in [0.15, 0.2) is 71.1 Å². The zero-order valence-electron chi connectivity index (χ0n) is 20.1. The van der Waals surface area contributed by atoms with Gasteiger partial charge in [-0.05, 0) is 70.7 Å². The number of rotatable bonds is 7. The van der Waals surface area contributed by atoms with Gasteiger partial charge in [0, 0.05) is 30.2 Å². The van der Waals surface area contributed by atoms with Crippen LogP contribution in [0, 0.1) is 5.41 Å². The van der Waals surface area contributed by atoms with Gasteiger partial charge in [0.25, 0.3) is 0 Å². The molecule has 2 aliphatic carbocycles. The first-order valence-corrected chi connectivity index (χ1v) is 13.3. The van der Waals surface area contributed by atoms with Gasteiger partial charge in [0.15, 0.2) is 17.3 Å². The lowest BCUT2D eigenvalue weighted by Crippen LogP contribution is -2.53. The molecule has 9 heteroatoms. The van der Waals surface area contributed by atoms with Gasteiger partial charge in [0.05, 0.1) is 15.6 Å². The number of carboxylic acid groups (broad SMARTS) is 1. The number of aromatic nitrogens is 4. The van der Waals surface area contributed by atoms with E-state index in [1.807, 2.05) is 59.3 Å². The molecule has 1 atom stereocenters. The van der Waals surface area contributed by atoms with Crippen LogP contribution in [0.5, 0.6) is 0 Å². The number of aromatic amines is 1. The lowest BCUT2D eigenvalue weighted by molar-refractivity contribution is -0.140. The van der Waals surface area contributed by atoms with Crippen molar-refractivity contribution in [2.45, 2.75) is 44.6 Å². The lowest BCUT2D eigenvalue weighted by Gasteiger charge is -2.46. The number of allylic oxidation sites excluding steroid dienone is 2. The van der Waals surface area contributed by atoms with Gasteiger partial charge in [0.1, 0.15) is 11.6 Å². The maximum Gasteiger partial charge on any atom is 0.326 e. The van der Waals surface area contributed by atoms with Crippen LogP contribution in [0.3, 0.4) is 0 Å². The van der Waals surface area contributed by atoms with Crippen LogP contribution in [0.25, 0.3) is 28.4 Å². The van der Waals surface area contributed by atoms with Crippen molar-refractivity contribution in [1.29, 1.82) is 0 Å². The molecule has 1 spiro atoms. The second-order valence-electron chi connectivity index (χ2n) is 9.77. The maximum absolute atomic E-state index is 12.7. The van der Waals surface area contributed by atoms with E-state index in [0.717, 1.165) is 71.7 Å². The minimum atomic E-state index is -0.944. The highest BCUT2D eigenvalue weighted by atomic mass is 79.9. The number of pyridine rings is 1. The molecule has 0 bridgehead atoms. The number of nitrogens with one attached hydrogen (secondary N) is 2. The van der Waals surface area contributed by atoms with Gasteiger partial charge in [0.2, 0.25) is 0 Å². The average molecular weight is 560 g/mol. The monoisotopic (exact) mass is 559 g/mol. The summed E-state index contributed by atoms with van der Waals surface area (Å²) in [7, 11) is 0. The molecule has 6 rings (SSSR count). The Balaban J connectivity index is 1.27. The summed E-state index contributed by atoms with van der Waals surface area (Å²) in [4.78, 5) is 37.5. The van der Waals surface area contributed by atoms with E-state index >= 15 is 0 Å².